The summed E-state index contributed by atoms with van der Waals surface area (Å²) in [6.07, 6.45) is -4.50. The molecule has 0 aromatic carbocycles. The monoisotopic (exact) mass is 193 g/mol. The van der Waals surface area contributed by atoms with Gasteiger partial charge >= 0.3 is 6.18 Å². The van der Waals surface area contributed by atoms with Crippen molar-refractivity contribution >= 4 is 5.91 Å². The number of nitrogens with one attached hydrogen (secondary N) is 2. The summed E-state index contributed by atoms with van der Waals surface area (Å²) < 4.78 is 35.9. The molecule has 1 amide bonds. The van der Waals surface area contributed by atoms with Gasteiger partial charge in [-0.05, 0) is 0 Å². The molecule has 0 bridgehead atoms. The van der Waals surface area contributed by atoms with Crippen LogP contribution in [-0.4, -0.2) is 23.2 Å². The Kier molecular flexibility index (Phi) is 2.26. The lowest BCUT2D eigenvalue weighted by Crippen LogP contribution is -2.18. The standard InChI is InChI=1S/C6H6F3N3O/c1-10-5(13)3-2-4(12-11-3)6(7,8)9/h2H,1H3,(H,10,13)(H,11,12). The lowest BCUT2D eigenvalue weighted by atomic mass is 10.3. The third kappa shape index (κ3) is 1.98. The summed E-state index contributed by atoms with van der Waals surface area (Å²) in [7, 11) is 1.31. The Bertz CT molecular complexity index is 317. The summed E-state index contributed by atoms with van der Waals surface area (Å²) in [6.45, 7) is 0. The fraction of sp³-hybridized carbons (Fsp3) is 0.333. The molecule has 1 rings (SSSR count). The van der Waals surface area contributed by atoms with Crippen LogP contribution in [-0.2, 0) is 6.18 Å². The van der Waals surface area contributed by atoms with E-state index in [1.165, 1.54) is 7.05 Å². The highest BCUT2D eigenvalue weighted by Gasteiger charge is 2.33. The molecule has 13 heavy (non-hydrogen) atoms. The summed E-state index contributed by atoms with van der Waals surface area (Å²) >= 11 is 0. The van der Waals surface area contributed by atoms with Crippen molar-refractivity contribution in [3.05, 3.63) is 17.5 Å². The smallest absolute Gasteiger partial charge is 0.354 e. The molecule has 7 heteroatoms. The highest BCUT2D eigenvalue weighted by atomic mass is 19.4. The fourth-order valence-corrected chi connectivity index (χ4v) is 0.711. The van der Waals surface area contributed by atoms with E-state index in [1.807, 2.05) is 0 Å². The van der Waals surface area contributed by atoms with Gasteiger partial charge in [-0.3, -0.25) is 9.89 Å². The first-order valence-electron chi connectivity index (χ1n) is 3.30. The number of carbonyl (C=O) groups is 1. The number of aromatic nitrogens is 2. The van der Waals surface area contributed by atoms with Crippen LogP contribution in [0.4, 0.5) is 13.2 Å². The van der Waals surface area contributed by atoms with Gasteiger partial charge in [0.05, 0.1) is 0 Å². The topological polar surface area (TPSA) is 57.8 Å². The van der Waals surface area contributed by atoms with Gasteiger partial charge in [0.25, 0.3) is 5.91 Å². The zero-order valence-corrected chi connectivity index (χ0v) is 6.57. The van der Waals surface area contributed by atoms with Crippen LogP contribution in [0.15, 0.2) is 6.07 Å². The third-order valence-electron chi connectivity index (χ3n) is 1.34. The largest absolute Gasteiger partial charge is 0.432 e. The first kappa shape index (κ1) is 9.56. The number of H-pyrrole nitrogens is 1. The minimum absolute atomic E-state index is 0.283. The molecule has 0 saturated carbocycles. The second-order valence-electron chi connectivity index (χ2n) is 2.24. The first-order chi connectivity index (χ1) is 5.95. The van der Waals surface area contributed by atoms with Crippen molar-refractivity contribution in [1.82, 2.24) is 15.5 Å². The molecular formula is C6H6F3N3O. The third-order valence-corrected chi connectivity index (χ3v) is 1.34. The van der Waals surface area contributed by atoms with Crippen molar-refractivity contribution in [2.75, 3.05) is 7.05 Å². The molecule has 0 aliphatic carbocycles. The Balaban J connectivity index is 2.93. The molecule has 0 unspecified atom stereocenters. The Morgan fingerprint density at radius 2 is 2.23 bits per heavy atom. The van der Waals surface area contributed by atoms with Gasteiger partial charge in [-0.2, -0.15) is 18.3 Å². The maximum absolute atomic E-state index is 12.0. The maximum atomic E-state index is 12.0. The van der Waals surface area contributed by atoms with E-state index in [1.54, 1.807) is 5.10 Å². The van der Waals surface area contributed by atoms with Crippen molar-refractivity contribution in [1.29, 1.82) is 0 Å². The Morgan fingerprint density at radius 3 is 2.62 bits per heavy atom. The number of hydrogen-bond acceptors (Lipinski definition) is 2. The second kappa shape index (κ2) is 3.08. The predicted octanol–water partition coefficient (Wildman–Crippen LogP) is 0.788. The number of amides is 1. The van der Waals surface area contributed by atoms with Crippen molar-refractivity contribution < 1.29 is 18.0 Å². The van der Waals surface area contributed by atoms with Crippen LogP contribution in [0.2, 0.25) is 0 Å². The number of nitrogens with zero attached hydrogens (tertiary/aromatic N) is 1. The molecule has 0 spiro atoms. The van der Waals surface area contributed by atoms with Gasteiger partial charge in [-0.25, -0.2) is 0 Å². The van der Waals surface area contributed by atoms with Crippen LogP contribution < -0.4 is 5.32 Å². The molecule has 1 aromatic heterocycles. The molecule has 0 fully saturated rings. The SMILES string of the molecule is CNC(=O)c1cc(C(F)(F)F)[nH]n1. The van der Waals surface area contributed by atoms with Crippen LogP contribution >= 0.6 is 0 Å². The average Bonchev–Trinajstić information content (AvgIpc) is 2.50. The van der Waals surface area contributed by atoms with E-state index < -0.39 is 17.8 Å². The van der Waals surface area contributed by atoms with Gasteiger partial charge in [0.15, 0.2) is 5.69 Å². The number of alkyl halides is 3. The van der Waals surface area contributed by atoms with E-state index in [9.17, 15) is 18.0 Å². The van der Waals surface area contributed by atoms with E-state index >= 15 is 0 Å². The number of rotatable bonds is 1. The number of aromatic amines is 1. The van der Waals surface area contributed by atoms with E-state index in [-0.39, 0.29) is 5.69 Å². The van der Waals surface area contributed by atoms with E-state index in [0.717, 1.165) is 0 Å². The van der Waals surface area contributed by atoms with Crippen LogP contribution in [0.5, 0.6) is 0 Å². The number of halogens is 3. The van der Waals surface area contributed by atoms with E-state index in [4.69, 9.17) is 0 Å². The van der Waals surface area contributed by atoms with Gasteiger partial charge < -0.3 is 5.32 Å². The molecule has 0 saturated heterocycles. The highest BCUT2D eigenvalue weighted by Crippen LogP contribution is 2.27. The zero-order valence-electron chi connectivity index (χ0n) is 6.57. The normalized spacial score (nSPS) is 11.4. The average molecular weight is 193 g/mol. The van der Waals surface area contributed by atoms with Crippen LogP contribution in [0.25, 0.3) is 0 Å². The summed E-state index contributed by atoms with van der Waals surface area (Å²) in [4.78, 5) is 10.8. The molecule has 1 aromatic rings. The van der Waals surface area contributed by atoms with Crippen molar-refractivity contribution in [2.24, 2.45) is 0 Å². The highest BCUT2D eigenvalue weighted by molar-refractivity contribution is 5.92. The second-order valence-corrected chi connectivity index (χ2v) is 2.24. The molecule has 0 aliphatic heterocycles. The zero-order chi connectivity index (χ0) is 10.1. The molecular weight excluding hydrogens is 187 g/mol. The lowest BCUT2D eigenvalue weighted by Gasteiger charge is -1.99. The lowest BCUT2D eigenvalue weighted by molar-refractivity contribution is -0.141. The number of carbonyl (C=O) groups excluding carboxylic acids is 1. The maximum Gasteiger partial charge on any atom is 0.432 e. The van der Waals surface area contributed by atoms with E-state index in [2.05, 4.69) is 10.4 Å². The van der Waals surface area contributed by atoms with Gasteiger partial charge in [-0.1, -0.05) is 0 Å². The number of hydrogen-bond donors (Lipinski definition) is 2. The van der Waals surface area contributed by atoms with Crippen molar-refractivity contribution in [2.45, 2.75) is 6.18 Å². The molecule has 4 nitrogen and oxygen atoms in total. The summed E-state index contributed by atoms with van der Waals surface area (Å²) in [5.74, 6) is -0.660. The Hall–Kier alpha value is -1.53. The van der Waals surface area contributed by atoms with Crippen molar-refractivity contribution in [3.63, 3.8) is 0 Å². The minimum atomic E-state index is -4.50. The molecule has 72 valence electrons. The molecule has 2 N–H and O–H groups in total. The summed E-state index contributed by atoms with van der Waals surface area (Å²) in [5.41, 5.74) is -1.32. The minimum Gasteiger partial charge on any atom is -0.354 e. The summed E-state index contributed by atoms with van der Waals surface area (Å²) in [5, 5.41) is 7.08. The fourth-order valence-electron chi connectivity index (χ4n) is 0.711. The van der Waals surface area contributed by atoms with Crippen LogP contribution in [0.3, 0.4) is 0 Å². The molecule has 0 atom stereocenters. The molecule has 0 radical (unpaired) electrons. The molecule has 1 heterocycles. The van der Waals surface area contributed by atoms with Gasteiger partial charge in [0.2, 0.25) is 0 Å². The van der Waals surface area contributed by atoms with Gasteiger partial charge in [-0.15, -0.1) is 0 Å². The van der Waals surface area contributed by atoms with Crippen LogP contribution in [0, 0.1) is 0 Å². The summed E-state index contributed by atoms with van der Waals surface area (Å²) in [6, 6.07) is 0.652. The quantitative estimate of drug-likeness (QED) is 0.692. The van der Waals surface area contributed by atoms with Gasteiger partial charge in [0, 0.05) is 13.1 Å². The molecule has 0 aliphatic rings. The first-order valence-corrected chi connectivity index (χ1v) is 3.30. The van der Waals surface area contributed by atoms with Gasteiger partial charge in [0.1, 0.15) is 5.69 Å². The predicted molar refractivity (Wildman–Crippen MR) is 37.0 cm³/mol. The van der Waals surface area contributed by atoms with Crippen LogP contribution in [0.1, 0.15) is 16.2 Å². The van der Waals surface area contributed by atoms with Crippen molar-refractivity contribution in [3.8, 4) is 0 Å². The Morgan fingerprint density at radius 1 is 1.62 bits per heavy atom. The Labute approximate surface area is 71.1 Å². The van der Waals surface area contributed by atoms with E-state index in [0.29, 0.717) is 6.07 Å².